The first-order valence-corrected chi connectivity index (χ1v) is 9.19. The van der Waals surface area contributed by atoms with E-state index in [0.717, 1.165) is 5.69 Å². The highest BCUT2D eigenvalue weighted by Crippen LogP contribution is 2.33. The summed E-state index contributed by atoms with van der Waals surface area (Å²) < 4.78 is 21.3. The number of aryl methyl sites for hydroxylation is 1. The van der Waals surface area contributed by atoms with Gasteiger partial charge in [0.15, 0.2) is 28.7 Å². The number of methoxy groups -OCH3 is 1. The number of rotatable bonds is 6. The van der Waals surface area contributed by atoms with Gasteiger partial charge >= 0.3 is 5.97 Å². The molecule has 0 saturated heterocycles. The van der Waals surface area contributed by atoms with Crippen LogP contribution in [0, 0.1) is 6.92 Å². The Hall–Kier alpha value is -4.34. The molecule has 158 valence electrons. The van der Waals surface area contributed by atoms with Crippen LogP contribution in [0.3, 0.4) is 0 Å². The second-order valence-corrected chi connectivity index (χ2v) is 6.50. The first-order valence-electron chi connectivity index (χ1n) is 9.19. The van der Waals surface area contributed by atoms with Crippen LogP contribution >= 0.6 is 0 Å². The van der Waals surface area contributed by atoms with E-state index < -0.39 is 11.9 Å². The number of hydrogen-bond acceptors (Lipinski definition) is 8. The SMILES string of the molecule is COc1cc(C=NNC(=O)c2cc(C)[nH]n2)ccc1OC(=O)c1ccc2c(c1)OCO2. The number of aromatic nitrogens is 2. The Morgan fingerprint density at radius 3 is 2.74 bits per heavy atom. The minimum Gasteiger partial charge on any atom is -0.493 e. The molecule has 0 radical (unpaired) electrons. The number of benzene rings is 2. The summed E-state index contributed by atoms with van der Waals surface area (Å²) in [6.45, 7) is 1.91. The standard InChI is InChI=1S/C21H18N4O6/c1-12-7-15(24-23-12)20(26)25-22-10-13-3-5-17(18(8-13)28-2)31-21(27)14-4-6-16-19(9-14)30-11-29-16/h3-10H,11H2,1-2H3,(H,23,24)(H,25,26). The molecule has 0 spiro atoms. The molecule has 1 aliphatic heterocycles. The zero-order chi connectivity index (χ0) is 21.8. The summed E-state index contributed by atoms with van der Waals surface area (Å²) in [5.74, 6) is 0.611. The fourth-order valence-corrected chi connectivity index (χ4v) is 2.79. The molecular formula is C21H18N4O6. The Balaban J connectivity index is 1.42. The van der Waals surface area contributed by atoms with Gasteiger partial charge in [0.2, 0.25) is 6.79 Å². The van der Waals surface area contributed by atoms with Crippen molar-refractivity contribution in [2.24, 2.45) is 5.10 Å². The van der Waals surface area contributed by atoms with Crippen molar-refractivity contribution in [3.63, 3.8) is 0 Å². The lowest BCUT2D eigenvalue weighted by Gasteiger charge is -2.10. The van der Waals surface area contributed by atoms with Crippen LogP contribution in [-0.2, 0) is 0 Å². The van der Waals surface area contributed by atoms with E-state index in [2.05, 4.69) is 20.7 Å². The number of H-pyrrole nitrogens is 1. The number of carbonyl (C=O) groups is 2. The number of hydrogen-bond donors (Lipinski definition) is 2. The topological polar surface area (TPSA) is 124 Å². The molecule has 2 N–H and O–H groups in total. The number of hydrazone groups is 1. The first kappa shape index (κ1) is 20.0. The van der Waals surface area contributed by atoms with Gasteiger partial charge in [-0.25, -0.2) is 10.2 Å². The first-order chi connectivity index (χ1) is 15.0. The molecule has 0 fully saturated rings. The van der Waals surface area contributed by atoms with Crippen LogP contribution in [0.5, 0.6) is 23.0 Å². The molecule has 0 atom stereocenters. The predicted molar refractivity (Wildman–Crippen MR) is 109 cm³/mol. The minimum absolute atomic E-state index is 0.118. The lowest BCUT2D eigenvalue weighted by molar-refractivity contribution is 0.0729. The number of amides is 1. The average molecular weight is 422 g/mol. The summed E-state index contributed by atoms with van der Waals surface area (Å²) in [7, 11) is 1.45. The molecule has 1 aromatic heterocycles. The number of nitrogens with zero attached hydrogens (tertiary/aromatic N) is 2. The third-order valence-corrected chi connectivity index (χ3v) is 4.32. The number of carbonyl (C=O) groups excluding carboxylic acids is 2. The molecule has 3 aromatic rings. The van der Waals surface area contributed by atoms with Crippen LogP contribution in [0.15, 0.2) is 47.6 Å². The van der Waals surface area contributed by atoms with Crippen molar-refractivity contribution in [2.45, 2.75) is 6.92 Å². The Morgan fingerprint density at radius 1 is 1.13 bits per heavy atom. The monoisotopic (exact) mass is 422 g/mol. The van der Waals surface area contributed by atoms with Gasteiger partial charge in [-0.2, -0.15) is 10.2 Å². The van der Waals surface area contributed by atoms with E-state index in [4.69, 9.17) is 18.9 Å². The molecule has 0 saturated carbocycles. The number of ether oxygens (including phenoxy) is 4. The normalized spacial score (nSPS) is 12.1. The van der Waals surface area contributed by atoms with E-state index in [1.807, 2.05) is 0 Å². The number of aromatic amines is 1. The highest BCUT2D eigenvalue weighted by Gasteiger charge is 2.18. The molecule has 4 rings (SSSR count). The second kappa shape index (κ2) is 8.57. The summed E-state index contributed by atoms with van der Waals surface area (Å²) in [5.41, 5.74) is 4.33. The zero-order valence-corrected chi connectivity index (χ0v) is 16.7. The summed E-state index contributed by atoms with van der Waals surface area (Å²) in [4.78, 5) is 24.4. The van der Waals surface area contributed by atoms with Crippen LogP contribution in [0.25, 0.3) is 0 Å². The smallest absolute Gasteiger partial charge is 0.343 e. The van der Waals surface area contributed by atoms with Crippen molar-refractivity contribution in [3.8, 4) is 23.0 Å². The highest BCUT2D eigenvalue weighted by atomic mass is 16.7. The molecule has 1 amide bonds. The maximum absolute atomic E-state index is 12.5. The van der Waals surface area contributed by atoms with E-state index >= 15 is 0 Å². The molecule has 0 bridgehead atoms. The van der Waals surface area contributed by atoms with Gasteiger partial charge in [0.1, 0.15) is 0 Å². The largest absolute Gasteiger partial charge is 0.493 e. The van der Waals surface area contributed by atoms with Gasteiger partial charge in [0.05, 0.1) is 18.9 Å². The number of fused-ring (bicyclic) bond motifs is 1. The number of nitrogens with one attached hydrogen (secondary N) is 2. The van der Waals surface area contributed by atoms with E-state index in [1.54, 1.807) is 49.4 Å². The van der Waals surface area contributed by atoms with Gasteiger partial charge < -0.3 is 18.9 Å². The van der Waals surface area contributed by atoms with Crippen LogP contribution in [0.4, 0.5) is 0 Å². The predicted octanol–water partition coefficient (Wildman–Crippen LogP) is 2.44. The van der Waals surface area contributed by atoms with Crippen molar-refractivity contribution in [3.05, 3.63) is 65.0 Å². The Morgan fingerprint density at radius 2 is 1.97 bits per heavy atom. The quantitative estimate of drug-likeness (QED) is 0.271. The molecule has 0 aliphatic carbocycles. The molecule has 10 nitrogen and oxygen atoms in total. The van der Waals surface area contributed by atoms with Crippen molar-refractivity contribution in [1.29, 1.82) is 0 Å². The van der Waals surface area contributed by atoms with Crippen molar-refractivity contribution in [1.82, 2.24) is 15.6 Å². The lowest BCUT2D eigenvalue weighted by Crippen LogP contribution is -2.18. The van der Waals surface area contributed by atoms with E-state index in [-0.39, 0.29) is 18.2 Å². The third kappa shape index (κ3) is 4.47. The van der Waals surface area contributed by atoms with Gasteiger partial charge in [0.25, 0.3) is 5.91 Å². The fourth-order valence-electron chi connectivity index (χ4n) is 2.79. The lowest BCUT2D eigenvalue weighted by atomic mass is 10.2. The van der Waals surface area contributed by atoms with Crippen LogP contribution in [0.2, 0.25) is 0 Å². The second-order valence-electron chi connectivity index (χ2n) is 6.50. The highest BCUT2D eigenvalue weighted by molar-refractivity contribution is 5.94. The van der Waals surface area contributed by atoms with Gasteiger partial charge in [-0.3, -0.25) is 9.89 Å². The summed E-state index contributed by atoms with van der Waals surface area (Å²) >= 11 is 0. The Labute approximate surface area is 176 Å². The maximum atomic E-state index is 12.5. The molecule has 10 heteroatoms. The van der Waals surface area contributed by atoms with Crippen molar-refractivity contribution >= 4 is 18.1 Å². The fraction of sp³-hybridized carbons (Fsp3) is 0.143. The summed E-state index contributed by atoms with van der Waals surface area (Å²) in [5, 5.41) is 10.4. The van der Waals surface area contributed by atoms with E-state index in [9.17, 15) is 9.59 Å². The van der Waals surface area contributed by atoms with Crippen LogP contribution in [0.1, 0.15) is 32.1 Å². The van der Waals surface area contributed by atoms with E-state index in [0.29, 0.717) is 28.4 Å². The molecule has 2 heterocycles. The average Bonchev–Trinajstić information content (AvgIpc) is 3.42. The molecule has 0 unspecified atom stereocenters. The van der Waals surface area contributed by atoms with Gasteiger partial charge in [-0.05, 0) is 55.0 Å². The zero-order valence-electron chi connectivity index (χ0n) is 16.7. The Bertz CT molecular complexity index is 1170. The number of esters is 1. The molecule has 31 heavy (non-hydrogen) atoms. The molecular weight excluding hydrogens is 404 g/mol. The third-order valence-electron chi connectivity index (χ3n) is 4.32. The van der Waals surface area contributed by atoms with E-state index in [1.165, 1.54) is 13.3 Å². The van der Waals surface area contributed by atoms with Gasteiger partial charge in [0, 0.05) is 5.69 Å². The Kier molecular flexibility index (Phi) is 5.52. The summed E-state index contributed by atoms with van der Waals surface area (Å²) in [6.07, 6.45) is 1.43. The van der Waals surface area contributed by atoms with Crippen molar-refractivity contribution < 1.29 is 28.5 Å². The van der Waals surface area contributed by atoms with Gasteiger partial charge in [-0.15, -0.1) is 0 Å². The van der Waals surface area contributed by atoms with Gasteiger partial charge in [-0.1, -0.05) is 0 Å². The summed E-state index contributed by atoms with van der Waals surface area (Å²) in [6, 6.07) is 11.3. The van der Waals surface area contributed by atoms with Crippen LogP contribution in [-0.4, -0.2) is 42.2 Å². The maximum Gasteiger partial charge on any atom is 0.343 e. The minimum atomic E-state index is -0.570. The molecule has 2 aromatic carbocycles. The van der Waals surface area contributed by atoms with Crippen molar-refractivity contribution in [2.75, 3.05) is 13.9 Å². The van der Waals surface area contributed by atoms with Crippen LogP contribution < -0.4 is 24.4 Å². The molecule has 1 aliphatic rings.